The second-order valence-electron chi connectivity index (χ2n) is 6.88. The lowest BCUT2D eigenvalue weighted by atomic mass is 9.86. The normalized spacial score (nSPS) is 11.0. The molecule has 0 aliphatic carbocycles. The van der Waals surface area contributed by atoms with Crippen LogP contribution in [0.25, 0.3) is 0 Å². The maximum atomic E-state index is 12.8. The number of carbonyl (C=O) groups excluding carboxylic acids is 2. The average molecular weight is 342 g/mol. The maximum Gasteiger partial charge on any atom is 0.313 e. The highest BCUT2D eigenvalue weighted by molar-refractivity contribution is 6.39. The molecule has 0 aliphatic rings. The number of benzene rings is 2. The summed E-state index contributed by atoms with van der Waals surface area (Å²) < 4.78 is 12.8. The van der Waals surface area contributed by atoms with Gasteiger partial charge in [-0.05, 0) is 41.2 Å². The molecular formula is C20H23FN2O2. The Bertz CT molecular complexity index is 749. The van der Waals surface area contributed by atoms with Crippen LogP contribution in [0.1, 0.15) is 31.9 Å². The molecule has 2 aromatic carbocycles. The lowest BCUT2D eigenvalue weighted by Gasteiger charge is -2.22. The first-order valence-electron chi connectivity index (χ1n) is 8.20. The van der Waals surface area contributed by atoms with Crippen LogP contribution in [-0.2, 0) is 21.4 Å². The molecule has 0 heterocycles. The Kier molecular flexibility index (Phi) is 5.91. The van der Waals surface area contributed by atoms with Crippen molar-refractivity contribution in [3.63, 3.8) is 0 Å². The molecule has 2 amide bonds. The molecule has 0 saturated heterocycles. The largest absolute Gasteiger partial charge is 0.347 e. The molecule has 0 fully saturated rings. The molecule has 0 aliphatic heterocycles. The van der Waals surface area contributed by atoms with Crippen LogP contribution in [0.3, 0.4) is 0 Å². The van der Waals surface area contributed by atoms with Gasteiger partial charge in [0.1, 0.15) is 5.82 Å². The number of para-hydroxylation sites is 1. The van der Waals surface area contributed by atoms with Crippen molar-refractivity contribution in [3.8, 4) is 0 Å². The third kappa shape index (κ3) is 5.41. The molecule has 0 unspecified atom stereocenters. The summed E-state index contributed by atoms with van der Waals surface area (Å²) in [6.45, 7) is 6.43. The molecule has 0 saturated carbocycles. The molecule has 132 valence electrons. The summed E-state index contributed by atoms with van der Waals surface area (Å²) >= 11 is 0. The van der Waals surface area contributed by atoms with Crippen molar-refractivity contribution in [1.29, 1.82) is 0 Å². The van der Waals surface area contributed by atoms with Gasteiger partial charge in [-0.2, -0.15) is 0 Å². The van der Waals surface area contributed by atoms with Gasteiger partial charge >= 0.3 is 11.8 Å². The Labute approximate surface area is 147 Å². The van der Waals surface area contributed by atoms with E-state index < -0.39 is 11.8 Å². The van der Waals surface area contributed by atoms with Gasteiger partial charge in [-0.15, -0.1) is 0 Å². The predicted molar refractivity (Wildman–Crippen MR) is 96.9 cm³/mol. The van der Waals surface area contributed by atoms with Crippen molar-refractivity contribution >= 4 is 17.5 Å². The lowest BCUT2D eigenvalue weighted by molar-refractivity contribution is -0.136. The highest BCUT2D eigenvalue weighted by Gasteiger charge is 2.20. The van der Waals surface area contributed by atoms with Gasteiger partial charge in [-0.25, -0.2) is 4.39 Å². The smallest absolute Gasteiger partial charge is 0.313 e. The van der Waals surface area contributed by atoms with Gasteiger partial charge in [0.15, 0.2) is 0 Å². The average Bonchev–Trinajstić information content (AvgIpc) is 2.56. The molecule has 4 nitrogen and oxygen atoms in total. The number of hydrogen-bond donors (Lipinski definition) is 2. The molecule has 25 heavy (non-hydrogen) atoms. The molecular weight excluding hydrogens is 319 g/mol. The van der Waals surface area contributed by atoms with Gasteiger partial charge in [0.05, 0.1) is 0 Å². The van der Waals surface area contributed by atoms with Gasteiger partial charge in [-0.1, -0.05) is 51.1 Å². The van der Waals surface area contributed by atoms with Gasteiger partial charge in [0.25, 0.3) is 0 Å². The first-order chi connectivity index (χ1) is 11.8. The summed E-state index contributed by atoms with van der Waals surface area (Å²) in [6, 6.07) is 13.5. The van der Waals surface area contributed by atoms with E-state index in [1.165, 1.54) is 12.1 Å². The molecule has 0 aromatic heterocycles. The van der Waals surface area contributed by atoms with E-state index >= 15 is 0 Å². The minimum atomic E-state index is -0.698. The number of rotatable bonds is 4. The zero-order valence-electron chi connectivity index (χ0n) is 14.7. The highest BCUT2D eigenvalue weighted by Crippen LogP contribution is 2.29. The van der Waals surface area contributed by atoms with Gasteiger partial charge in [0, 0.05) is 12.2 Å². The van der Waals surface area contributed by atoms with Crippen molar-refractivity contribution in [3.05, 3.63) is 65.5 Å². The number of halogens is 1. The van der Waals surface area contributed by atoms with Crippen LogP contribution in [0.4, 0.5) is 10.1 Å². The monoisotopic (exact) mass is 342 g/mol. The molecule has 2 N–H and O–H groups in total. The molecule has 0 spiro atoms. The minimum Gasteiger partial charge on any atom is -0.347 e. The Morgan fingerprint density at radius 2 is 1.60 bits per heavy atom. The van der Waals surface area contributed by atoms with Crippen LogP contribution in [-0.4, -0.2) is 18.4 Å². The van der Waals surface area contributed by atoms with Crippen molar-refractivity contribution in [1.82, 2.24) is 5.32 Å². The van der Waals surface area contributed by atoms with E-state index in [1.807, 2.05) is 39.0 Å². The van der Waals surface area contributed by atoms with Crippen molar-refractivity contribution in [2.24, 2.45) is 0 Å². The summed E-state index contributed by atoms with van der Waals surface area (Å²) in [7, 11) is 0. The molecule has 2 rings (SSSR count). The SMILES string of the molecule is CC(C)(C)c1ccccc1NC(=O)C(=O)NCCc1ccc(F)cc1. The second-order valence-corrected chi connectivity index (χ2v) is 6.88. The van der Waals surface area contributed by atoms with E-state index in [-0.39, 0.29) is 11.2 Å². The fourth-order valence-corrected chi connectivity index (χ4v) is 2.48. The van der Waals surface area contributed by atoms with Crippen molar-refractivity contribution in [2.45, 2.75) is 32.6 Å². The number of anilines is 1. The van der Waals surface area contributed by atoms with E-state index in [0.717, 1.165) is 11.1 Å². The highest BCUT2D eigenvalue weighted by atomic mass is 19.1. The standard InChI is InChI=1S/C20H23FN2O2/c1-20(2,3)16-6-4-5-7-17(16)23-19(25)18(24)22-13-12-14-8-10-15(21)11-9-14/h4-11H,12-13H2,1-3H3,(H,22,24)(H,23,25). The van der Waals surface area contributed by atoms with E-state index in [1.54, 1.807) is 18.2 Å². The van der Waals surface area contributed by atoms with Gasteiger partial charge < -0.3 is 10.6 Å². The summed E-state index contributed by atoms with van der Waals surface area (Å²) in [5.74, 6) is -1.69. The number of carbonyl (C=O) groups is 2. The first-order valence-corrected chi connectivity index (χ1v) is 8.20. The van der Waals surface area contributed by atoms with Crippen molar-refractivity contribution in [2.75, 3.05) is 11.9 Å². The summed E-state index contributed by atoms with van der Waals surface area (Å²) in [5.41, 5.74) is 2.33. The quantitative estimate of drug-likeness (QED) is 0.837. The van der Waals surface area contributed by atoms with E-state index in [0.29, 0.717) is 18.7 Å². The Balaban J connectivity index is 1.91. The zero-order valence-corrected chi connectivity index (χ0v) is 14.7. The Morgan fingerprint density at radius 1 is 0.960 bits per heavy atom. The van der Waals surface area contributed by atoms with Crippen molar-refractivity contribution < 1.29 is 14.0 Å². The molecule has 0 bridgehead atoms. The van der Waals surface area contributed by atoms with Crippen LogP contribution in [0.5, 0.6) is 0 Å². The van der Waals surface area contributed by atoms with E-state index in [2.05, 4.69) is 10.6 Å². The van der Waals surface area contributed by atoms with E-state index in [9.17, 15) is 14.0 Å². The van der Waals surface area contributed by atoms with Crippen LogP contribution < -0.4 is 10.6 Å². The topological polar surface area (TPSA) is 58.2 Å². The molecule has 0 radical (unpaired) electrons. The third-order valence-corrected chi connectivity index (χ3v) is 3.80. The number of hydrogen-bond acceptors (Lipinski definition) is 2. The van der Waals surface area contributed by atoms with Crippen LogP contribution in [0.15, 0.2) is 48.5 Å². The molecule has 2 aromatic rings. The Hall–Kier alpha value is -2.69. The summed E-state index contributed by atoms with van der Waals surface area (Å²) in [5, 5.41) is 5.25. The molecule has 0 atom stereocenters. The van der Waals surface area contributed by atoms with Crippen LogP contribution in [0, 0.1) is 5.82 Å². The molecule has 5 heteroatoms. The predicted octanol–water partition coefficient (Wildman–Crippen LogP) is 3.42. The lowest BCUT2D eigenvalue weighted by Crippen LogP contribution is -2.37. The number of nitrogens with one attached hydrogen (secondary N) is 2. The van der Waals surface area contributed by atoms with Crippen LogP contribution >= 0.6 is 0 Å². The Morgan fingerprint density at radius 3 is 2.24 bits per heavy atom. The summed E-state index contributed by atoms with van der Waals surface area (Å²) in [6.07, 6.45) is 0.526. The number of amides is 2. The fraction of sp³-hybridized carbons (Fsp3) is 0.300. The van der Waals surface area contributed by atoms with Gasteiger partial charge in [0.2, 0.25) is 0 Å². The first kappa shape index (κ1) is 18.6. The van der Waals surface area contributed by atoms with E-state index in [4.69, 9.17) is 0 Å². The van der Waals surface area contributed by atoms with Crippen LogP contribution in [0.2, 0.25) is 0 Å². The van der Waals surface area contributed by atoms with Gasteiger partial charge in [-0.3, -0.25) is 9.59 Å². The zero-order chi connectivity index (χ0) is 18.4. The fourth-order valence-electron chi connectivity index (χ4n) is 2.48. The maximum absolute atomic E-state index is 12.8. The third-order valence-electron chi connectivity index (χ3n) is 3.80. The second kappa shape index (κ2) is 7.92. The minimum absolute atomic E-state index is 0.150. The summed E-state index contributed by atoms with van der Waals surface area (Å²) in [4.78, 5) is 24.1.